The predicted octanol–water partition coefficient (Wildman–Crippen LogP) is 6.18. The Hall–Kier alpha value is -0.780. The van der Waals surface area contributed by atoms with Gasteiger partial charge in [-0.3, -0.25) is 14.5 Å². The number of hydrogen-bond donors (Lipinski definition) is 0. The third-order valence-electron chi connectivity index (χ3n) is 3.84. The van der Waals surface area contributed by atoms with Crippen LogP contribution in [-0.2, 0) is 11.4 Å². The number of amides is 2. The quantitative estimate of drug-likeness (QED) is 0.294. The minimum Gasteiger partial charge on any atom is -0.487 e. The fourth-order valence-electron chi connectivity index (χ4n) is 2.49. The van der Waals surface area contributed by atoms with Crippen LogP contribution in [-0.4, -0.2) is 22.6 Å². The molecule has 2 aromatic carbocycles. The van der Waals surface area contributed by atoms with E-state index in [4.69, 9.17) is 16.3 Å². The van der Waals surface area contributed by atoms with E-state index in [0.717, 1.165) is 35.8 Å². The number of nitrogens with zero attached hydrogens (tertiary/aromatic N) is 1. The number of imide groups is 1. The molecule has 4 nitrogen and oxygen atoms in total. The summed E-state index contributed by atoms with van der Waals surface area (Å²) in [5.74, 6) is 0.534. The molecule has 2 aromatic rings. The Kier molecular flexibility index (Phi) is 7.09. The van der Waals surface area contributed by atoms with Crippen LogP contribution < -0.4 is 4.74 Å². The van der Waals surface area contributed by atoms with Gasteiger partial charge >= 0.3 is 0 Å². The van der Waals surface area contributed by atoms with Crippen molar-refractivity contribution in [1.82, 2.24) is 4.90 Å². The van der Waals surface area contributed by atoms with Crippen molar-refractivity contribution >= 4 is 85.8 Å². The fraction of sp³-hybridized carbons (Fsp3) is 0.158. The Bertz CT molecular complexity index is 925. The standard InChI is InChI=1S/C19H14ClI2NO3S/c1-2-23-18(24)16(27-19(23)25)9-11-7-14(21)17(15(22)8-11)26-10-12-5-3-4-6-13(12)20/h3-9H,2,10H2,1H3/b16-9+. The van der Waals surface area contributed by atoms with Crippen LogP contribution >= 0.6 is 68.5 Å². The number of carbonyl (C=O) groups is 2. The summed E-state index contributed by atoms with van der Waals surface area (Å²) in [5, 5.41) is 0.448. The zero-order valence-electron chi connectivity index (χ0n) is 14.2. The molecule has 1 heterocycles. The first kappa shape index (κ1) is 20.9. The van der Waals surface area contributed by atoms with Crippen molar-refractivity contribution in [3.05, 3.63) is 64.6 Å². The highest BCUT2D eigenvalue weighted by molar-refractivity contribution is 14.1. The Balaban J connectivity index is 1.81. The van der Waals surface area contributed by atoms with Gasteiger partial charge in [0.2, 0.25) is 0 Å². The maximum Gasteiger partial charge on any atom is 0.293 e. The number of likely N-dealkylation sites (N-methyl/N-ethyl adjacent to an activating group) is 1. The smallest absolute Gasteiger partial charge is 0.293 e. The summed E-state index contributed by atoms with van der Waals surface area (Å²) in [6.45, 7) is 2.54. The number of rotatable bonds is 5. The van der Waals surface area contributed by atoms with Gasteiger partial charge in [0, 0.05) is 17.1 Å². The molecular weight excluding hydrogens is 612 g/mol. The number of halogens is 3. The van der Waals surface area contributed by atoms with Crippen LogP contribution in [0, 0.1) is 7.14 Å². The highest BCUT2D eigenvalue weighted by atomic mass is 127. The van der Waals surface area contributed by atoms with E-state index in [9.17, 15) is 9.59 Å². The molecule has 1 aliphatic heterocycles. The lowest BCUT2D eigenvalue weighted by Crippen LogP contribution is -2.27. The van der Waals surface area contributed by atoms with Gasteiger partial charge < -0.3 is 4.74 Å². The molecular formula is C19H14ClI2NO3S. The van der Waals surface area contributed by atoms with Crippen molar-refractivity contribution in [3.8, 4) is 5.75 Å². The summed E-state index contributed by atoms with van der Waals surface area (Å²) in [6, 6.07) is 11.4. The first-order valence-electron chi connectivity index (χ1n) is 8.01. The summed E-state index contributed by atoms with van der Waals surface area (Å²) < 4.78 is 7.82. The summed E-state index contributed by atoms with van der Waals surface area (Å²) in [5.41, 5.74) is 1.78. The molecule has 27 heavy (non-hydrogen) atoms. The lowest BCUT2D eigenvalue weighted by molar-refractivity contribution is -0.122. The van der Waals surface area contributed by atoms with Crippen LogP contribution in [0.1, 0.15) is 18.1 Å². The second-order valence-corrected chi connectivity index (χ2v) is 9.34. The fourth-order valence-corrected chi connectivity index (χ4v) is 5.71. The second-order valence-electron chi connectivity index (χ2n) is 5.62. The summed E-state index contributed by atoms with van der Waals surface area (Å²) in [6.07, 6.45) is 1.75. The van der Waals surface area contributed by atoms with Gasteiger partial charge in [0.25, 0.3) is 11.1 Å². The third-order valence-corrected chi connectivity index (χ3v) is 6.72. The molecule has 0 spiro atoms. The van der Waals surface area contributed by atoms with Gasteiger partial charge in [0.05, 0.1) is 12.0 Å². The molecule has 0 aliphatic carbocycles. The van der Waals surface area contributed by atoms with Crippen molar-refractivity contribution < 1.29 is 14.3 Å². The van der Waals surface area contributed by atoms with Gasteiger partial charge in [0.1, 0.15) is 12.4 Å². The first-order valence-corrected chi connectivity index (χ1v) is 11.4. The van der Waals surface area contributed by atoms with E-state index in [2.05, 4.69) is 45.2 Å². The highest BCUT2D eigenvalue weighted by Crippen LogP contribution is 2.35. The molecule has 0 radical (unpaired) electrons. The Morgan fingerprint density at radius 3 is 2.44 bits per heavy atom. The molecule has 3 rings (SSSR count). The van der Waals surface area contributed by atoms with E-state index in [1.807, 2.05) is 36.4 Å². The van der Waals surface area contributed by atoms with Gasteiger partial charge in [-0.2, -0.15) is 0 Å². The maximum atomic E-state index is 12.3. The lowest BCUT2D eigenvalue weighted by Gasteiger charge is -2.12. The molecule has 0 bridgehead atoms. The largest absolute Gasteiger partial charge is 0.487 e. The SMILES string of the molecule is CCN1C(=O)S/C(=C/c2cc(I)c(OCc3ccccc3Cl)c(I)c2)C1=O. The van der Waals surface area contributed by atoms with E-state index >= 15 is 0 Å². The normalized spacial score (nSPS) is 15.7. The summed E-state index contributed by atoms with van der Waals surface area (Å²) in [7, 11) is 0. The molecule has 1 fully saturated rings. The average molecular weight is 626 g/mol. The number of benzene rings is 2. The molecule has 1 aliphatic rings. The van der Waals surface area contributed by atoms with Gasteiger partial charge in [-0.1, -0.05) is 29.8 Å². The van der Waals surface area contributed by atoms with Crippen molar-refractivity contribution in [2.75, 3.05) is 6.54 Å². The van der Waals surface area contributed by atoms with E-state index in [1.54, 1.807) is 13.0 Å². The number of carbonyl (C=O) groups excluding carboxylic acids is 2. The van der Waals surface area contributed by atoms with E-state index in [0.29, 0.717) is 23.1 Å². The lowest BCUT2D eigenvalue weighted by atomic mass is 10.2. The van der Waals surface area contributed by atoms with Gasteiger partial charge in [-0.05, 0) is 93.7 Å². The zero-order valence-corrected chi connectivity index (χ0v) is 20.1. The summed E-state index contributed by atoms with van der Waals surface area (Å²) in [4.78, 5) is 25.8. The van der Waals surface area contributed by atoms with Crippen molar-refractivity contribution in [3.63, 3.8) is 0 Å². The molecule has 1 saturated heterocycles. The monoisotopic (exact) mass is 625 g/mol. The van der Waals surface area contributed by atoms with Gasteiger partial charge in [0.15, 0.2) is 0 Å². The van der Waals surface area contributed by atoms with Crippen LogP contribution in [0.5, 0.6) is 5.75 Å². The van der Waals surface area contributed by atoms with Gasteiger partial charge in [-0.25, -0.2) is 0 Å². The second kappa shape index (κ2) is 9.15. The minimum absolute atomic E-state index is 0.224. The number of hydrogen-bond acceptors (Lipinski definition) is 4. The topological polar surface area (TPSA) is 46.6 Å². The minimum atomic E-state index is -0.239. The number of thioether (sulfide) groups is 1. The van der Waals surface area contributed by atoms with Crippen LogP contribution in [0.3, 0.4) is 0 Å². The average Bonchev–Trinajstić information content (AvgIpc) is 2.88. The Labute approximate surface area is 193 Å². The van der Waals surface area contributed by atoms with E-state index < -0.39 is 0 Å². The molecule has 0 aromatic heterocycles. The molecule has 2 amide bonds. The number of ether oxygens (including phenoxy) is 1. The van der Waals surface area contributed by atoms with Crippen LogP contribution in [0.2, 0.25) is 5.02 Å². The van der Waals surface area contributed by atoms with E-state index in [1.165, 1.54) is 4.90 Å². The Morgan fingerprint density at radius 1 is 1.19 bits per heavy atom. The third kappa shape index (κ3) is 4.80. The molecule has 8 heteroatoms. The first-order chi connectivity index (χ1) is 12.9. The molecule has 140 valence electrons. The van der Waals surface area contributed by atoms with Crippen LogP contribution in [0.4, 0.5) is 4.79 Å². The summed E-state index contributed by atoms with van der Waals surface area (Å²) >= 11 is 11.6. The van der Waals surface area contributed by atoms with E-state index in [-0.39, 0.29) is 11.1 Å². The van der Waals surface area contributed by atoms with Crippen molar-refractivity contribution in [2.24, 2.45) is 0 Å². The van der Waals surface area contributed by atoms with Gasteiger partial charge in [-0.15, -0.1) is 0 Å². The molecule has 0 atom stereocenters. The van der Waals surface area contributed by atoms with Crippen molar-refractivity contribution in [1.29, 1.82) is 0 Å². The van der Waals surface area contributed by atoms with Crippen LogP contribution in [0.15, 0.2) is 41.3 Å². The molecule has 0 N–H and O–H groups in total. The molecule has 0 saturated carbocycles. The van der Waals surface area contributed by atoms with Crippen LogP contribution in [0.25, 0.3) is 6.08 Å². The molecule has 0 unspecified atom stereocenters. The highest BCUT2D eigenvalue weighted by Gasteiger charge is 2.33. The predicted molar refractivity (Wildman–Crippen MR) is 126 cm³/mol. The van der Waals surface area contributed by atoms with Crippen molar-refractivity contribution in [2.45, 2.75) is 13.5 Å². The Morgan fingerprint density at radius 2 is 1.85 bits per heavy atom. The zero-order chi connectivity index (χ0) is 19.6. The maximum absolute atomic E-state index is 12.3.